The predicted molar refractivity (Wildman–Crippen MR) is 207 cm³/mol. The number of alkyl carbamates (subject to hydrolysis) is 1. The number of hydrogen-bond acceptors (Lipinski definition) is 14. The molecule has 0 spiro atoms. The maximum atomic E-state index is 15.1. The summed E-state index contributed by atoms with van der Waals surface area (Å²) in [5, 5.41) is 27.7. The van der Waals surface area contributed by atoms with E-state index in [1.807, 2.05) is 0 Å². The first-order chi connectivity index (χ1) is 27.5. The molecular weight excluding hydrogens is 766 g/mol. The number of aliphatic hydroxyl groups excluding tert-OH is 1. The Hall–Kier alpha value is -4.70. The Labute approximate surface area is 343 Å². The fourth-order valence-electron chi connectivity index (χ4n) is 10.2. The van der Waals surface area contributed by atoms with Gasteiger partial charge in [-0.3, -0.25) is 14.4 Å². The molecule has 1 amide bonds. The topological polar surface area (TPSA) is 210 Å². The zero-order valence-corrected chi connectivity index (χ0v) is 34.9. The predicted octanol–water partition coefficient (Wildman–Crippen LogP) is 4.06. The molecule has 15 nitrogen and oxygen atoms in total. The maximum Gasteiger partial charge on any atom is 0.408 e. The monoisotopic (exact) mass is 821 g/mol. The summed E-state index contributed by atoms with van der Waals surface area (Å²) in [5.41, 5.74) is -7.86. The van der Waals surface area contributed by atoms with Gasteiger partial charge < -0.3 is 44.0 Å². The Morgan fingerprint density at radius 2 is 1.56 bits per heavy atom. The zero-order chi connectivity index (χ0) is 43.5. The second-order valence-electron chi connectivity index (χ2n) is 18.1. The van der Waals surface area contributed by atoms with E-state index >= 15 is 4.79 Å². The van der Waals surface area contributed by atoms with E-state index < -0.39 is 124 Å². The van der Waals surface area contributed by atoms with Gasteiger partial charge in [0, 0.05) is 44.1 Å². The van der Waals surface area contributed by atoms with Crippen LogP contribution < -0.4 is 5.32 Å². The SMILES string of the molecule is CO[C@H]1C[C@H]2OC[C@@]2(OC(C)=O)[C@H]2[C@H](OC(=O)c3ccccc3)[C@]3(O)C[C@H](OC(=O)[C@H](O)[C@@H](NC(=O)OC(C)(C)C)c4ccccc4)C(C)C(C(=O)C(=O)[C@]12C)C3(C)C. The number of esters is 3. The molecular formula is C44H55NO14. The van der Waals surface area contributed by atoms with E-state index in [0.717, 1.165) is 0 Å². The van der Waals surface area contributed by atoms with Gasteiger partial charge in [-0.05, 0) is 45.4 Å². The second-order valence-corrected chi connectivity index (χ2v) is 18.1. The third-order valence-corrected chi connectivity index (χ3v) is 13.1. The quantitative estimate of drug-likeness (QED) is 0.185. The number of benzene rings is 2. The van der Waals surface area contributed by atoms with Crippen LogP contribution in [-0.2, 0) is 47.6 Å². The average molecular weight is 822 g/mol. The number of Topliss-reactive ketones (excluding diaryl/α,β-unsaturated/α-hetero) is 2. The Kier molecular flexibility index (Phi) is 11.7. The molecule has 59 heavy (non-hydrogen) atoms. The van der Waals surface area contributed by atoms with Crippen LogP contribution >= 0.6 is 0 Å². The number of carbonyl (C=O) groups is 6. The van der Waals surface area contributed by atoms with E-state index in [1.54, 1.807) is 90.1 Å². The standard InChI is InChI=1S/C44H55NO14/c1-23-27(56-38(51)33(48)31(25-16-12-10-13-17-25)45-39(52)59-40(3,4)5)21-44(53)36(57-37(50)26-18-14-11-15-19-26)34-42(8,35(49)32(47)30(23)41(44,6)7)28(54-9)20-29-43(34,22-55-29)58-24(2)46/h10-19,23,27-31,33-34,36,48,53H,20-22H2,1-9H3,(H,45,52)/t23?,27-,28-,29+,30?,31-,33+,34-,36-,42+,43-,44+/m0/s1. The van der Waals surface area contributed by atoms with E-state index in [2.05, 4.69) is 5.32 Å². The number of carbonyl (C=O) groups excluding carboxylic acids is 6. The number of methoxy groups -OCH3 is 1. The summed E-state index contributed by atoms with van der Waals surface area (Å²) in [6.45, 7) is 12.2. The van der Waals surface area contributed by atoms with E-state index in [9.17, 15) is 34.2 Å². The van der Waals surface area contributed by atoms with E-state index in [4.69, 9.17) is 28.4 Å². The number of fused-ring (bicyclic) bond motifs is 5. The summed E-state index contributed by atoms with van der Waals surface area (Å²) >= 11 is 0. The van der Waals surface area contributed by atoms with E-state index in [-0.39, 0.29) is 18.6 Å². The van der Waals surface area contributed by atoms with Gasteiger partial charge in [-0.2, -0.15) is 0 Å². The third kappa shape index (κ3) is 7.44. The van der Waals surface area contributed by atoms with Crippen molar-refractivity contribution < 1.29 is 67.4 Å². The fraction of sp³-hybridized carbons (Fsp3) is 0.591. The summed E-state index contributed by atoms with van der Waals surface area (Å²) in [4.78, 5) is 84.3. The molecule has 1 heterocycles. The van der Waals surface area contributed by atoms with Crippen molar-refractivity contribution in [1.29, 1.82) is 0 Å². The van der Waals surface area contributed by atoms with Crippen LogP contribution in [0.2, 0.25) is 0 Å². The van der Waals surface area contributed by atoms with Crippen LogP contribution in [0, 0.1) is 28.6 Å². The lowest BCUT2D eigenvalue weighted by Gasteiger charge is -2.68. The van der Waals surface area contributed by atoms with Crippen LogP contribution in [0.5, 0.6) is 0 Å². The van der Waals surface area contributed by atoms with Gasteiger partial charge in [-0.15, -0.1) is 0 Å². The highest BCUT2D eigenvalue weighted by molar-refractivity contribution is 6.40. The van der Waals surface area contributed by atoms with Gasteiger partial charge in [0.15, 0.2) is 11.7 Å². The molecule has 2 aromatic carbocycles. The van der Waals surface area contributed by atoms with Crippen LogP contribution in [0.3, 0.4) is 0 Å². The summed E-state index contributed by atoms with van der Waals surface area (Å²) in [6, 6.07) is 14.8. The Morgan fingerprint density at radius 3 is 2.10 bits per heavy atom. The summed E-state index contributed by atoms with van der Waals surface area (Å²) in [7, 11) is 1.37. The van der Waals surface area contributed by atoms with Crippen molar-refractivity contribution in [2.24, 2.45) is 28.6 Å². The highest BCUT2D eigenvalue weighted by atomic mass is 16.6. The molecule has 3 aliphatic carbocycles. The normalized spacial score (nSPS) is 34.5. The van der Waals surface area contributed by atoms with Gasteiger partial charge >= 0.3 is 24.0 Å². The van der Waals surface area contributed by atoms with Crippen molar-refractivity contribution in [3.63, 3.8) is 0 Å². The minimum atomic E-state index is -2.30. The number of ether oxygens (including phenoxy) is 6. The van der Waals surface area contributed by atoms with Gasteiger partial charge in [-0.1, -0.05) is 69.3 Å². The fourth-order valence-corrected chi connectivity index (χ4v) is 10.2. The lowest BCUT2D eigenvalue weighted by molar-refractivity contribution is -0.351. The molecule has 1 aliphatic heterocycles. The Morgan fingerprint density at radius 1 is 0.949 bits per heavy atom. The van der Waals surface area contributed by atoms with E-state index in [0.29, 0.717) is 5.56 Å². The minimum absolute atomic E-state index is 0.0369. The first-order valence-corrected chi connectivity index (χ1v) is 19.9. The average Bonchev–Trinajstić information content (AvgIpc) is 3.16. The van der Waals surface area contributed by atoms with Gasteiger partial charge in [0.05, 0.1) is 35.6 Å². The van der Waals surface area contributed by atoms with Gasteiger partial charge in [0.25, 0.3) is 0 Å². The molecule has 0 aromatic heterocycles. The van der Waals surface area contributed by atoms with Crippen molar-refractivity contribution in [3.05, 3.63) is 71.8 Å². The van der Waals surface area contributed by atoms with Crippen LogP contribution in [0.4, 0.5) is 4.79 Å². The maximum absolute atomic E-state index is 15.1. The van der Waals surface area contributed by atoms with Crippen molar-refractivity contribution in [2.75, 3.05) is 13.7 Å². The van der Waals surface area contributed by atoms with Gasteiger partial charge in [0.1, 0.15) is 29.5 Å². The summed E-state index contributed by atoms with van der Waals surface area (Å²) in [5.74, 6) is -8.36. The lowest BCUT2D eigenvalue weighted by Crippen LogP contribution is -2.82. The number of rotatable bonds is 9. The molecule has 4 aliphatic rings. The van der Waals surface area contributed by atoms with Crippen LogP contribution in [0.1, 0.15) is 90.2 Å². The highest BCUT2D eigenvalue weighted by Gasteiger charge is 2.79. The van der Waals surface area contributed by atoms with Crippen LogP contribution in [0.25, 0.3) is 0 Å². The molecule has 3 saturated carbocycles. The molecule has 6 rings (SSSR count). The summed E-state index contributed by atoms with van der Waals surface area (Å²) < 4.78 is 35.8. The molecule has 320 valence electrons. The number of nitrogens with one attached hydrogen (secondary N) is 1. The molecule has 2 bridgehead atoms. The molecule has 4 fully saturated rings. The molecule has 0 radical (unpaired) electrons. The molecule has 2 aromatic rings. The molecule has 12 atom stereocenters. The molecule has 3 N–H and O–H groups in total. The summed E-state index contributed by atoms with van der Waals surface area (Å²) in [6.07, 6.45) is -8.37. The zero-order valence-electron chi connectivity index (χ0n) is 34.9. The molecule has 15 heteroatoms. The first-order valence-electron chi connectivity index (χ1n) is 19.9. The highest BCUT2D eigenvalue weighted by Crippen LogP contribution is 2.65. The largest absolute Gasteiger partial charge is 0.460 e. The van der Waals surface area contributed by atoms with Crippen LogP contribution in [0.15, 0.2) is 60.7 Å². The van der Waals surface area contributed by atoms with E-state index in [1.165, 1.54) is 33.1 Å². The van der Waals surface area contributed by atoms with Gasteiger partial charge in [0.2, 0.25) is 11.6 Å². The lowest BCUT2D eigenvalue weighted by atomic mass is 9.42. The number of hydrogen-bond donors (Lipinski definition) is 3. The van der Waals surface area contributed by atoms with Crippen molar-refractivity contribution in [3.8, 4) is 0 Å². The third-order valence-electron chi connectivity index (χ3n) is 13.1. The van der Waals surface area contributed by atoms with Gasteiger partial charge in [-0.25, -0.2) is 14.4 Å². The number of aliphatic hydroxyl groups is 2. The smallest absolute Gasteiger partial charge is 0.408 e. The minimum Gasteiger partial charge on any atom is -0.460 e. The Bertz CT molecular complexity index is 1960. The first kappa shape index (κ1) is 43.9. The molecule has 2 unspecified atom stereocenters. The second kappa shape index (κ2) is 15.7. The van der Waals surface area contributed by atoms with Crippen molar-refractivity contribution in [2.45, 2.75) is 122 Å². The van der Waals surface area contributed by atoms with Crippen molar-refractivity contribution >= 4 is 35.6 Å². The number of amides is 1. The van der Waals surface area contributed by atoms with Crippen molar-refractivity contribution in [1.82, 2.24) is 5.32 Å². The molecule has 1 saturated heterocycles. The van der Waals surface area contributed by atoms with Crippen LogP contribution in [-0.4, -0.2) is 107 Å². The Balaban J connectivity index is 1.48. The number of ketones is 2.